The molecule has 0 heterocycles. The first kappa shape index (κ1) is 44.2. The largest absolute Gasteiger partial charge is 0.381 e. The molecule has 0 saturated heterocycles. The maximum atomic E-state index is 15.3. The highest BCUT2D eigenvalue weighted by Crippen LogP contribution is 2.46. The Hall–Kier alpha value is -3.44. The smallest absolute Gasteiger partial charge is 0.129 e. The van der Waals surface area contributed by atoms with Crippen molar-refractivity contribution in [2.45, 2.75) is 153 Å². The van der Waals surface area contributed by atoms with Crippen LogP contribution in [0.3, 0.4) is 0 Å². The summed E-state index contributed by atoms with van der Waals surface area (Å²) in [6.45, 7) is 0.695. The van der Waals surface area contributed by atoms with E-state index < -0.39 is 23.3 Å². The third-order valence-electron chi connectivity index (χ3n) is 16.1. The molecule has 4 aliphatic rings. The van der Waals surface area contributed by atoms with Gasteiger partial charge in [0.2, 0.25) is 0 Å². The first-order valence-electron chi connectivity index (χ1n) is 24.5. The molecule has 4 aromatic rings. The van der Waals surface area contributed by atoms with E-state index in [1.165, 1.54) is 75.3 Å². The Labute approximate surface area is 364 Å². The van der Waals surface area contributed by atoms with Gasteiger partial charge in [-0.1, -0.05) is 60.7 Å². The van der Waals surface area contributed by atoms with E-state index in [-0.39, 0.29) is 35.8 Å². The zero-order valence-corrected chi connectivity index (χ0v) is 36.6. The Bertz CT molecular complexity index is 1740. The summed E-state index contributed by atoms with van der Waals surface area (Å²) >= 11 is 0. The molecular weight excluding hydrogens is 765 g/mol. The summed E-state index contributed by atoms with van der Waals surface area (Å²) in [6, 6.07) is 28.1. The first-order valence-corrected chi connectivity index (χ1v) is 24.5. The van der Waals surface area contributed by atoms with E-state index in [9.17, 15) is 0 Å². The van der Waals surface area contributed by atoms with Crippen LogP contribution in [0.1, 0.15) is 161 Å². The van der Waals surface area contributed by atoms with Crippen molar-refractivity contribution in [1.82, 2.24) is 0 Å². The van der Waals surface area contributed by atoms with E-state index in [1.807, 2.05) is 0 Å². The van der Waals surface area contributed by atoms with Crippen molar-refractivity contribution in [3.05, 3.63) is 142 Å². The fourth-order valence-corrected chi connectivity index (χ4v) is 12.5. The predicted octanol–water partition coefficient (Wildman–Crippen LogP) is 15.5. The average molecular weight is 835 g/mol. The number of halogens is 4. The Kier molecular flexibility index (Phi) is 15.8. The van der Waals surface area contributed by atoms with E-state index >= 15 is 17.6 Å². The standard InChI is InChI=1S/C56H70F4O/c57-53-35-49(47-27-23-45(24-28-47)43-19-15-41(16-20-43)33-39-9-3-1-4-10-39)36-54(58)51(53)13-7-31-61-32-8-14-52-55(59)37-50(38-56(52)60)48-29-25-46(26-30-48)44-21-17-42(18-22-44)34-40-11-5-2-6-12-40/h1-6,9-12,35-38,41-48H,7-8,13-34H2. The maximum Gasteiger partial charge on any atom is 0.129 e. The Morgan fingerprint density at radius 3 is 1.03 bits per heavy atom. The fraction of sp³-hybridized carbons (Fsp3) is 0.571. The van der Waals surface area contributed by atoms with Crippen molar-refractivity contribution < 1.29 is 22.3 Å². The SMILES string of the molecule is Fc1cc(C2CCC(C3CCC(Cc4ccccc4)CC3)CC2)cc(F)c1CCCOCCCc1c(F)cc(C2CCC(C3CCC(Cc4ccccc4)CC3)CC2)cc1F. The number of hydrogen-bond donors (Lipinski definition) is 0. The molecule has 61 heavy (non-hydrogen) atoms. The summed E-state index contributed by atoms with van der Waals surface area (Å²) in [6.07, 6.45) is 23.1. The van der Waals surface area contributed by atoms with E-state index in [2.05, 4.69) is 60.7 Å². The van der Waals surface area contributed by atoms with Crippen LogP contribution in [-0.2, 0) is 30.4 Å². The second-order valence-electron chi connectivity index (χ2n) is 19.9. The molecule has 4 saturated carbocycles. The summed E-state index contributed by atoms with van der Waals surface area (Å²) in [4.78, 5) is 0. The van der Waals surface area contributed by atoms with E-state index in [1.54, 1.807) is 24.3 Å². The van der Waals surface area contributed by atoms with Crippen molar-refractivity contribution in [1.29, 1.82) is 0 Å². The summed E-state index contributed by atoms with van der Waals surface area (Å²) in [7, 11) is 0. The highest BCUT2D eigenvalue weighted by Gasteiger charge is 2.33. The maximum absolute atomic E-state index is 15.3. The second kappa shape index (κ2) is 21.8. The molecule has 0 aromatic heterocycles. The third kappa shape index (κ3) is 12.0. The quantitative estimate of drug-likeness (QED) is 0.0807. The first-order chi connectivity index (χ1) is 29.9. The van der Waals surface area contributed by atoms with Gasteiger partial charge in [-0.15, -0.1) is 0 Å². The molecule has 0 unspecified atom stereocenters. The lowest BCUT2D eigenvalue weighted by Crippen LogP contribution is -2.26. The molecule has 0 radical (unpaired) electrons. The van der Waals surface area contributed by atoms with Crippen LogP contribution in [-0.4, -0.2) is 13.2 Å². The monoisotopic (exact) mass is 835 g/mol. The molecule has 0 N–H and O–H groups in total. The van der Waals surface area contributed by atoms with Crippen LogP contribution in [0.2, 0.25) is 0 Å². The highest BCUT2D eigenvalue weighted by atomic mass is 19.1. The zero-order valence-electron chi connectivity index (χ0n) is 36.6. The van der Waals surface area contributed by atoms with Gasteiger partial charge >= 0.3 is 0 Å². The second-order valence-corrected chi connectivity index (χ2v) is 19.9. The number of hydrogen-bond acceptors (Lipinski definition) is 1. The number of benzene rings is 4. The summed E-state index contributed by atoms with van der Waals surface area (Å²) in [5.74, 6) is 3.32. The Morgan fingerprint density at radius 2 is 0.705 bits per heavy atom. The minimum atomic E-state index is -0.451. The molecule has 4 fully saturated rings. The molecule has 8 rings (SSSR count). The molecule has 4 aliphatic carbocycles. The minimum absolute atomic E-state index is 0.132. The van der Waals surface area contributed by atoms with Crippen molar-refractivity contribution >= 4 is 0 Å². The Balaban J connectivity index is 0.701. The van der Waals surface area contributed by atoms with Crippen molar-refractivity contribution in [2.24, 2.45) is 35.5 Å². The van der Waals surface area contributed by atoms with Crippen molar-refractivity contribution in [2.75, 3.05) is 13.2 Å². The summed E-state index contributed by atoms with van der Waals surface area (Å²) < 4.78 is 66.9. The van der Waals surface area contributed by atoms with Gasteiger partial charge < -0.3 is 4.74 Å². The van der Waals surface area contributed by atoms with Gasteiger partial charge in [-0.25, -0.2) is 17.6 Å². The van der Waals surface area contributed by atoms with Crippen LogP contribution in [0.15, 0.2) is 84.9 Å². The molecule has 328 valence electrons. The van der Waals surface area contributed by atoms with Crippen LogP contribution in [0.25, 0.3) is 0 Å². The molecule has 0 bridgehead atoms. The van der Waals surface area contributed by atoms with Gasteiger partial charge in [0.25, 0.3) is 0 Å². The normalized spacial score (nSPS) is 27.2. The lowest BCUT2D eigenvalue weighted by Gasteiger charge is -2.38. The number of ether oxygens (including phenoxy) is 1. The Morgan fingerprint density at radius 1 is 0.393 bits per heavy atom. The van der Waals surface area contributed by atoms with Gasteiger partial charge in [-0.05, 0) is 235 Å². The lowest BCUT2D eigenvalue weighted by molar-refractivity contribution is 0.129. The number of rotatable bonds is 16. The molecule has 0 amide bonds. The van der Waals surface area contributed by atoms with Gasteiger partial charge in [0.05, 0.1) is 0 Å². The van der Waals surface area contributed by atoms with Gasteiger partial charge in [-0.3, -0.25) is 0 Å². The molecule has 0 atom stereocenters. The third-order valence-corrected chi connectivity index (χ3v) is 16.1. The zero-order chi connectivity index (χ0) is 42.0. The molecule has 4 aromatic carbocycles. The van der Waals surface area contributed by atoms with Crippen LogP contribution in [0.4, 0.5) is 17.6 Å². The van der Waals surface area contributed by atoms with E-state index in [4.69, 9.17) is 4.74 Å². The van der Waals surface area contributed by atoms with E-state index in [0.717, 1.165) is 98.0 Å². The highest BCUT2D eigenvalue weighted by molar-refractivity contribution is 5.30. The van der Waals surface area contributed by atoms with Crippen LogP contribution in [0.5, 0.6) is 0 Å². The molecule has 5 heteroatoms. The van der Waals surface area contributed by atoms with Gasteiger partial charge in [0, 0.05) is 24.3 Å². The molecule has 0 aliphatic heterocycles. The molecule has 1 nitrogen and oxygen atoms in total. The topological polar surface area (TPSA) is 9.23 Å². The minimum Gasteiger partial charge on any atom is -0.381 e. The fourth-order valence-electron chi connectivity index (χ4n) is 12.5. The van der Waals surface area contributed by atoms with Crippen LogP contribution < -0.4 is 0 Å². The van der Waals surface area contributed by atoms with Gasteiger partial charge in [-0.2, -0.15) is 0 Å². The molecular formula is C56H70F4O. The van der Waals surface area contributed by atoms with Crippen molar-refractivity contribution in [3.8, 4) is 0 Å². The van der Waals surface area contributed by atoms with Gasteiger partial charge in [0.1, 0.15) is 23.3 Å². The summed E-state index contributed by atoms with van der Waals surface area (Å²) in [5, 5.41) is 0. The van der Waals surface area contributed by atoms with E-state index in [0.29, 0.717) is 26.1 Å². The molecule has 0 spiro atoms. The predicted molar refractivity (Wildman–Crippen MR) is 241 cm³/mol. The van der Waals surface area contributed by atoms with Crippen LogP contribution >= 0.6 is 0 Å². The van der Waals surface area contributed by atoms with Gasteiger partial charge in [0.15, 0.2) is 0 Å². The average Bonchev–Trinajstić information content (AvgIpc) is 3.29. The van der Waals surface area contributed by atoms with Crippen LogP contribution in [0, 0.1) is 58.8 Å². The van der Waals surface area contributed by atoms with Crippen molar-refractivity contribution in [3.63, 3.8) is 0 Å². The summed E-state index contributed by atoms with van der Waals surface area (Å²) in [5.41, 5.74) is 4.79. The lowest BCUT2D eigenvalue weighted by atomic mass is 9.68.